The Kier molecular flexibility index (Phi) is 8.51. The maximum Gasteiger partial charge on any atom is 0.0462 e. The van der Waals surface area contributed by atoms with Crippen LogP contribution >= 0.6 is 0 Å². The monoisotopic (exact) mass is 590 g/mol. The number of para-hydroxylation sites is 4. The van der Waals surface area contributed by atoms with Crippen LogP contribution in [0.5, 0.6) is 0 Å². The summed E-state index contributed by atoms with van der Waals surface area (Å²) in [5.41, 5.74) is 11.5. The summed E-state index contributed by atoms with van der Waals surface area (Å²) in [5.74, 6) is 0. The van der Waals surface area contributed by atoms with Crippen molar-refractivity contribution >= 4 is 46.3 Å². The highest BCUT2D eigenvalue weighted by Gasteiger charge is 2.13. The Morgan fingerprint density at radius 1 is 0.239 bits per heavy atom. The minimum atomic E-state index is 1.13. The molecule has 7 rings (SSSR count). The highest BCUT2D eigenvalue weighted by atomic mass is 15.1. The van der Waals surface area contributed by atoms with E-state index in [0.717, 1.165) is 39.7 Å². The lowest BCUT2D eigenvalue weighted by Gasteiger charge is -2.25. The molecular formula is C44H34N2. The summed E-state index contributed by atoms with van der Waals surface area (Å²) in [7, 11) is 0. The molecule has 0 atom stereocenters. The average molecular weight is 591 g/mol. The Morgan fingerprint density at radius 3 is 0.804 bits per heavy atom. The van der Waals surface area contributed by atoms with E-state index in [1.807, 2.05) is 0 Å². The van der Waals surface area contributed by atoms with Crippen molar-refractivity contribution in [3.05, 3.63) is 205 Å². The van der Waals surface area contributed by atoms with Crippen LogP contribution in [0.3, 0.4) is 0 Å². The van der Waals surface area contributed by atoms with Crippen LogP contribution in [0.1, 0.15) is 11.1 Å². The van der Waals surface area contributed by atoms with Crippen LogP contribution in [0.25, 0.3) is 23.3 Å². The Labute approximate surface area is 271 Å². The fraction of sp³-hybridized carbons (Fsp3) is 0. The summed E-state index contributed by atoms with van der Waals surface area (Å²) in [5, 5.41) is 0. The van der Waals surface area contributed by atoms with E-state index in [1.165, 1.54) is 16.7 Å². The zero-order chi connectivity index (χ0) is 31.0. The second kappa shape index (κ2) is 13.7. The van der Waals surface area contributed by atoms with Gasteiger partial charge in [-0.2, -0.15) is 0 Å². The van der Waals surface area contributed by atoms with Crippen LogP contribution < -0.4 is 9.80 Å². The minimum Gasteiger partial charge on any atom is -0.311 e. The fourth-order valence-electron chi connectivity index (χ4n) is 5.72. The molecule has 0 bridgehead atoms. The van der Waals surface area contributed by atoms with Crippen molar-refractivity contribution in [1.82, 2.24) is 0 Å². The summed E-state index contributed by atoms with van der Waals surface area (Å²) in [6.45, 7) is 0. The van der Waals surface area contributed by atoms with Crippen molar-refractivity contribution in [2.75, 3.05) is 9.80 Å². The van der Waals surface area contributed by atoms with E-state index in [9.17, 15) is 0 Å². The predicted molar refractivity (Wildman–Crippen MR) is 197 cm³/mol. The molecule has 0 saturated carbocycles. The van der Waals surface area contributed by atoms with Gasteiger partial charge in [0, 0.05) is 34.1 Å². The lowest BCUT2D eigenvalue weighted by atomic mass is 10.0. The Hall–Kier alpha value is -6.12. The largest absolute Gasteiger partial charge is 0.311 e. The van der Waals surface area contributed by atoms with Gasteiger partial charge in [0.25, 0.3) is 0 Å². The molecule has 0 heterocycles. The third kappa shape index (κ3) is 6.52. The molecular weight excluding hydrogens is 556 g/mol. The smallest absolute Gasteiger partial charge is 0.0462 e. The molecule has 0 fully saturated rings. The Bertz CT molecular complexity index is 1900. The molecule has 220 valence electrons. The Balaban J connectivity index is 1.06. The summed E-state index contributed by atoms with van der Waals surface area (Å²) < 4.78 is 0. The molecule has 46 heavy (non-hydrogen) atoms. The van der Waals surface area contributed by atoms with Gasteiger partial charge >= 0.3 is 0 Å². The summed E-state index contributed by atoms with van der Waals surface area (Å²) in [6, 6.07) is 68.3. The number of hydrogen-bond acceptors (Lipinski definition) is 2. The van der Waals surface area contributed by atoms with E-state index >= 15 is 0 Å². The summed E-state index contributed by atoms with van der Waals surface area (Å²) >= 11 is 0. The van der Waals surface area contributed by atoms with Gasteiger partial charge in [-0.1, -0.05) is 133 Å². The van der Waals surface area contributed by atoms with Crippen LogP contribution in [0.4, 0.5) is 34.1 Å². The first-order valence-corrected chi connectivity index (χ1v) is 15.6. The second-order valence-corrected chi connectivity index (χ2v) is 11.1. The molecule has 7 aromatic rings. The zero-order valence-electron chi connectivity index (χ0n) is 25.5. The minimum absolute atomic E-state index is 1.13. The van der Waals surface area contributed by atoms with Gasteiger partial charge in [0.05, 0.1) is 0 Å². The van der Waals surface area contributed by atoms with Crippen LogP contribution in [-0.2, 0) is 0 Å². The van der Waals surface area contributed by atoms with Crippen molar-refractivity contribution in [3.63, 3.8) is 0 Å². The molecule has 0 aromatic heterocycles. The third-order valence-corrected chi connectivity index (χ3v) is 8.05. The van der Waals surface area contributed by atoms with E-state index in [1.54, 1.807) is 0 Å². The second-order valence-electron chi connectivity index (χ2n) is 11.1. The molecule has 7 aromatic carbocycles. The van der Waals surface area contributed by atoms with Gasteiger partial charge in [0.15, 0.2) is 0 Å². The van der Waals surface area contributed by atoms with Crippen molar-refractivity contribution < 1.29 is 0 Å². The van der Waals surface area contributed by atoms with E-state index in [-0.39, 0.29) is 0 Å². The molecule has 0 unspecified atom stereocenters. The standard InChI is InChI=1S/C44H34N2/c1-5-13-39(14-6-1)45(40-15-7-2-8-16-40)43-31-25-36(26-32-43)22-21-35-23-27-37(28-24-35)38-29-33-44(34-30-38)46(41-17-9-3-10-18-41)42-19-11-4-12-20-42/h1-34H/b22-21-. The summed E-state index contributed by atoms with van der Waals surface area (Å²) in [6.07, 6.45) is 4.34. The molecule has 0 saturated heterocycles. The van der Waals surface area contributed by atoms with Crippen molar-refractivity contribution in [2.45, 2.75) is 0 Å². The van der Waals surface area contributed by atoms with Gasteiger partial charge in [-0.25, -0.2) is 0 Å². The highest BCUT2D eigenvalue weighted by Crippen LogP contribution is 2.36. The van der Waals surface area contributed by atoms with Crippen LogP contribution in [-0.4, -0.2) is 0 Å². The number of rotatable bonds is 9. The van der Waals surface area contributed by atoms with E-state index in [0.29, 0.717) is 0 Å². The fourth-order valence-corrected chi connectivity index (χ4v) is 5.72. The molecule has 0 aliphatic carbocycles. The quantitative estimate of drug-likeness (QED) is 0.154. The van der Waals surface area contributed by atoms with Gasteiger partial charge in [-0.3, -0.25) is 0 Å². The number of nitrogens with zero attached hydrogens (tertiary/aromatic N) is 2. The molecule has 0 radical (unpaired) electrons. The first kappa shape index (κ1) is 28.6. The predicted octanol–water partition coefficient (Wildman–Crippen LogP) is 12.5. The molecule has 2 nitrogen and oxygen atoms in total. The van der Waals surface area contributed by atoms with E-state index in [4.69, 9.17) is 0 Å². The van der Waals surface area contributed by atoms with Crippen LogP contribution in [0.15, 0.2) is 194 Å². The van der Waals surface area contributed by atoms with Crippen molar-refractivity contribution in [1.29, 1.82) is 0 Å². The molecule has 2 heteroatoms. The molecule has 0 spiro atoms. The van der Waals surface area contributed by atoms with Crippen LogP contribution in [0.2, 0.25) is 0 Å². The maximum absolute atomic E-state index is 2.28. The van der Waals surface area contributed by atoms with E-state index in [2.05, 4.69) is 216 Å². The van der Waals surface area contributed by atoms with Gasteiger partial charge in [-0.05, 0) is 95.1 Å². The Morgan fingerprint density at radius 2 is 0.478 bits per heavy atom. The lowest BCUT2D eigenvalue weighted by molar-refractivity contribution is 1.28. The van der Waals surface area contributed by atoms with Gasteiger partial charge < -0.3 is 9.80 Å². The van der Waals surface area contributed by atoms with Crippen LogP contribution in [0, 0.1) is 0 Å². The SMILES string of the molecule is C(=C/c1ccc(N(c2ccccc2)c2ccccc2)cc1)/c1ccc(-c2ccc(N(c3ccccc3)c3ccccc3)cc2)cc1. The van der Waals surface area contributed by atoms with Gasteiger partial charge in [0.2, 0.25) is 0 Å². The van der Waals surface area contributed by atoms with E-state index < -0.39 is 0 Å². The third-order valence-electron chi connectivity index (χ3n) is 8.05. The molecule has 0 N–H and O–H groups in total. The number of benzene rings is 7. The molecule has 0 amide bonds. The van der Waals surface area contributed by atoms with Gasteiger partial charge in [-0.15, -0.1) is 0 Å². The first-order chi connectivity index (χ1) is 22.8. The van der Waals surface area contributed by atoms with Gasteiger partial charge in [0.1, 0.15) is 0 Å². The highest BCUT2D eigenvalue weighted by molar-refractivity contribution is 5.80. The number of anilines is 6. The normalized spacial score (nSPS) is 11.0. The molecule has 0 aliphatic rings. The zero-order valence-corrected chi connectivity index (χ0v) is 25.5. The maximum atomic E-state index is 2.28. The topological polar surface area (TPSA) is 6.48 Å². The average Bonchev–Trinajstić information content (AvgIpc) is 3.14. The lowest BCUT2D eigenvalue weighted by Crippen LogP contribution is -2.09. The number of hydrogen-bond donors (Lipinski definition) is 0. The first-order valence-electron chi connectivity index (χ1n) is 15.6. The van der Waals surface area contributed by atoms with Crippen molar-refractivity contribution in [3.8, 4) is 11.1 Å². The van der Waals surface area contributed by atoms with Crippen molar-refractivity contribution in [2.24, 2.45) is 0 Å². The molecule has 0 aliphatic heterocycles. The summed E-state index contributed by atoms with van der Waals surface area (Å²) in [4.78, 5) is 4.56.